The van der Waals surface area contributed by atoms with Crippen LogP contribution in [0.25, 0.3) is 0 Å². The van der Waals surface area contributed by atoms with Gasteiger partial charge in [-0.1, -0.05) is 0 Å². The van der Waals surface area contributed by atoms with Gasteiger partial charge in [-0.05, 0) is 6.92 Å². The van der Waals surface area contributed by atoms with Crippen LogP contribution in [-0.2, 0) is 14.8 Å². The first-order valence-corrected chi connectivity index (χ1v) is 6.78. The minimum absolute atomic E-state index is 0.428. The molecule has 0 spiro atoms. The van der Waals surface area contributed by atoms with Crippen LogP contribution in [-0.4, -0.2) is 60.6 Å². The number of hydrogen-bond acceptors (Lipinski definition) is 5. The SMILES string of the molecule is CCN(C)C(=O)CNS(=O)(=O)c1[nH]ncc1C(=O)O. The number of carbonyl (C=O) groups excluding carboxylic acids is 1. The molecule has 3 N–H and O–H groups in total. The Bertz CT molecular complexity index is 579. The van der Waals surface area contributed by atoms with E-state index in [0.29, 0.717) is 6.54 Å². The monoisotopic (exact) mass is 290 g/mol. The molecule has 0 aliphatic carbocycles. The topological polar surface area (TPSA) is 132 Å². The molecule has 0 fully saturated rings. The van der Waals surface area contributed by atoms with Crippen LogP contribution < -0.4 is 4.72 Å². The molecule has 1 heterocycles. The van der Waals surface area contributed by atoms with E-state index in [2.05, 4.69) is 10.2 Å². The summed E-state index contributed by atoms with van der Waals surface area (Å²) in [5, 5.41) is 13.7. The summed E-state index contributed by atoms with van der Waals surface area (Å²) in [6, 6.07) is 0. The van der Waals surface area contributed by atoms with Gasteiger partial charge in [0.15, 0.2) is 5.03 Å². The number of rotatable bonds is 6. The first kappa shape index (κ1) is 15.1. The Kier molecular flexibility index (Phi) is 4.62. The fraction of sp³-hybridized carbons (Fsp3) is 0.444. The van der Waals surface area contributed by atoms with Gasteiger partial charge in [-0.15, -0.1) is 0 Å². The predicted octanol–water partition coefficient (Wildman–Crippen LogP) is -1.14. The van der Waals surface area contributed by atoms with Gasteiger partial charge >= 0.3 is 5.97 Å². The molecule has 1 rings (SSSR count). The molecule has 1 amide bonds. The fourth-order valence-corrected chi connectivity index (χ4v) is 2.23. The molecule has 0 aliphatic heterocycles. The van der Waals surface area contributed by atoms with Gasteiger partial charge in [0.1, 0.15) is 5.56 Å². The molecular weight excluding hydrogens is 276 g/mol. The number of aromatic nitrogens is 2. The van der Waals surface area contributed by atoms with E-state index in [1.807, 2.05) is 4.72 Å². The summed E-state index contributed by atoms with van der Waals surface area (Å²) in [6.45, 7) is 1.72. The van der Waals surface area contributed by atoms with E-state index < -0.39 is 39.0 Å². The second kappa shape index (κ2) is 5.80. The average Bonchev–Trinajstić information content (AvgIpc) is 2.85. The summed E-state index contributed by atoms with van der Waals surface area (Å²) in [7, 11) is -2.60. The molecule has 0 radical (unpaired) electrons. The summed E-state index contributed by atoms with van der Waals surface area (Å²) < 4.78 is 25.7. The number of sulfonamides is 1. The van der Waals surface area contributed by atoms with Gasteiger partial charge in [-0.25, -0.2) is 17.9 Å². The van der Waals surface area contributed by atoms with Gasteiger partial charge in [0, 0.05) is 13.6 Å². The van der Waals surface area contributed by atoms with Crippen molar-refractivity contribution < 1.29 is 23.1 Å². The Morgan fingerprint density at radius 1 is 1.53 bits per heavy atom. The van der Waals surface area contributed by atoms with Crippen LogP contribution in [0.2, 0.25) is 0 Å². The number of carboxylic acids is 1. The average molecular weight is 290 g/mol. The number of carbonyl (C=O) groups is 2. The lowest BCUT2D eigenvalue weighted by atomic mass is 10.4. The summed E-state index contributed by atoms with van der Waals surface area (Å²) in [5.41, 5.74) is -0.483. The van der Waals surface area contributed by atoms with Gasteiger partial charge < -0.3 is 10.0 Å². The number of carboxylic acid groups (broad SMARTS) is 1. The van der Waals surface area contributed by atoms with Crippen LogP contribution in [0.1, 0.15) is 17.3 Å². The summed E-state index contributed by atoms with van der Waals surface area (Å²) in [6.07, 6.45) is 0.886. The molecular formula is C9H14N4O5S. The summed E-state index contributed by atoms with van der Waals surface area (Å²) in [5.74, 6) is -1.85. The normalized spacial score (nSPS) is 11.3. The third kappa shape index (κ3) is 3.51. The molecule has 1 aromatic rings. The maximum Gasteiger partial charge on any atom is 0.340 e. The van der Waals surface area contributed by atoms with E-state index >= 15 is 0 Å². The van der Waals surface area contributed by atoms with Crippen molar-refractivity contribution in [3.05, 3.63) is 11.8 Å². The maximum atomic E-state index is 11.8. The number of nitrogens with zero attached hydrogens (tertiary/aromatic N) is 2. The fourth-order valence-electron chi connectivity index (χ4n) is 1.17. The van der Waals surface area contributed by atoms with E-state index in [-0.39, 0.29) is 0 Å². The van der Waals surface area contributed by atoms with Gasteiger partial charge in [-0.3, -0.25) is 9.89 Å². The zero-order valence-electron chi connectivity index (χ0n) is 10.4. The number of H-pyrrole nitrogens is 1. The van der Waals surface area contributed by atoms with Crippen molar-refractivity contribution in [1.29, 1.82) is 0 Å². The lowest BCUT2D eigenvalue weighted by molar-refractivity contribution is -0.128. The molecule has 0 bridgehead atoms. The van der Waals surface area contributed by atoms with Crippen LogP contribution in [0.5, 0.6) is 0 Å². The zero-order valence-corrected chi connectivity index (χ0v) is 11.2. The zero-order chi connectivity index (χ0) is 14.6. The van der Waals surface area contributed by atoms with Gasteiger partial charge in [0.2, 0.25) is 5.91 Å². The van der Waals surface area contributed by atoms with Crippen molar-refractivity contribution >= 4 is 21.9 Å². The van der Waals surface area contributed by atoms with Crippen molar-refractivity contribution in [2.24, 2.45) is 0 Å². The second-order valence-electron chi connectivity index (χ2n) is 3.65. The lowest BCUT2D eigenvalue weighted by Gasteiger charge is -2.14. The van der Waals surface area contributed by atoms with E-state index in [9.17, 15) is 18.0 Å². The van der Waals surface area contributed by atoms with Crippen LogP contribution >= 0.6 is 0 Å². The van der Waals surface area contributed by atoms with Crippen molar-refractivity contribution in [3.8, 4) is 0 Å². The van der Waals surface area contributed by atoms with E-state index in [0.717, 1.165) is 6.20 Å². The number of likely N-dealkylation sites (N-methyl/N-ethyl adjacent to an activating group) is 1. The quantitative estimate of drug-likeness (QED) is 0.607. The maximum absolute atomic E-state index is 11.8. The molecule has 0 aliphatic rings. The molecule has 9 nitrogen and oxygen atoms in total. The number of aromatic carboxylic acids is 1. The van der Waals surface area contributed by atoms with E-state index in [4.69, 9.17) is 5.11 Å². The second-order valence-corrected chi connectivity index (χ2v) is 5.35. The van der Waals surface area contributed by atoms with Crippen molar-refractivity contribution in [1.82, 2.24) is 19.8 Å². The Morgan fingerprint density at radius 3 is 2.68 bits per heavy atom. The lowest BCUT2D eigenvalue weighted by Crippen LogP contribution is -2.38. The molecule has 0 saturated carbocycles. The number of nitrogens with one attached hydrogen (secondary N) is 2. The Morgan fingerprint density at radius 2 is 2.16 bits per heavy atom. The number of amides is 1. The number of hydrogen-bond donors (Lipinski definition) is 3. The molecule has 19 heavy (non-hydrogen) atoms. The molecule has 10 heteroatoms. The molecule has 0 saturated heterocycles. The highest BCUT2D eigenvalue weighted by Gasteiger charge is 2.25. The highest BCUT2D eigenvalue weighted by Crippen LogP contribution is 2.11. The minimum Gasteiger partial charge on any atom is -0.478 e. The summed E-state index contributed by atoms with van der Waals surface area (Å²) >= 11 is 0. The molecule has 0 aromatic carbocycles. The van der Waals surface area contributed by atoms with Crippen molar-refractivity contribution in [3.63, 3.8) is 0 Å². The highest BCUT2D eigenvalue weighted by molar-refractivity contribution is 7.89. The Balaban J connectivity index is 2.85. The van der Waals surface area contributed by atoms with Crippen LogP contribution in [0.4, 0.5) is 0 Å². The highest BCUT2D eigenvalue weighted by atomic mass is 32.2. The molecule has 1 aromatic heterocycles. The largest absolute Gasteiger partial charge is 0.478 e. The van der Waals surface area contributed by atoms with Gasteiger partial charge in [-0.2, -0.15) is 5.10 Å². The first-order valence-electron chi connectivity index (χ1n) is 5.30. The van der Waals surface area contributed by atoms with Gasteiger partial charge in [0.05, 0.1) is 12.7 Å². The standard InChI is InChI=1S/C9H14N4O5S/c1-3-13(2)7(14)5-11-19(17,18)8-6(9(15)16)4-10-12-8/h4,11H,3,5H2,1-2H3,(H,10,12)(H,15,16). The Labute approximate surface area is 109 Å². The minimum atomic E-state index is -4.13. The molecule has 106 valence electrons. The van der Waals surface area contributed by atoms with Crippen LogP contribution in [0.15, 0.2) is 11.2 Å². The van der Waals surface area contributed by atoms with Crippen molar-refractivity contribution in [2.75, 3.05) is 20.1 Å². The number of aromatic amines is 1. The molecule has 0 unspecified atom stereocenters. The smallest absolute Gasteiger partial charge is 0.340 e. The van der Waals surface area contributed by atoms with Crippen LogP contribution in [0, 0.1) is 0 Å². The molecule has 0 atom stereocenters. The third-order valence-electron chi connectivity index (χ3n) is 2.42. The van der Waals surface area contributed by atoms with E-state index in [1.165, 1.54) is 11.9 Å². The summed E-state index contributed by atoms with van der Waals surface area (Å²) in [4.78, 5) is 23.6. The van der Waals surface area contributed by atoms with E-state index in [1.54, 1.807) is 6.92 Å². The Hall–Kier alpha value is -1.94. The van der Waals surface area contributed by atoms with Crippen LogP contribution in [0.3, 0.4) is 0 Å². The predicted molar refractivity (Wildman–Crippen MR) is 64.0 cm³/mol. The van der Waals surface area contributed by atoms with Crippen molar-refractivity contribution in [2.45, 2.75) is 11.9 Å². The third-order valence-corrected chi connectivity index (χ3v) is 3.79. The van der Waals surface area contributed by atoms with Gasteiger partial charge in [0.25, 0.3) is 10.0 Å². The first-order chi connectivity index (χ1) is 8.79.